The second-order valence-electron chi connectivity index (χ2n) is 6.97. The molecule has 1 aromatic carbocycles. The Morgan fingerprint density at radius 1 is 1.27 bits per heavy atom. The van der Waals surface area contributed by atoms with Crippen molar-refractivity contribution in [2.24, 2.45) is 10.2 Å². The predicted octanol–water partition coefficient (Wildman–Crippen LogP) is 4.21. The third kappa shape index (κ3) is 6.60. The Labute approximate surface area is 191 Å². The fourth-order valence-corrected chi connectivity index (χ4v) is 4.80. The number of azo groups is 1. The van der Waals surface area contributed by atoms with Crippen LogP contribution < -0.4 is 9.62 Å². The molecular weight excluding hydrogens is 485 g/mol. The fraction of sp³-hybridized carbons (Fsp3) is 0.500. The van der Waals surface area contributed by atoms with Crippen molar-refractivity contribution in [3.8, 4) is 0 Å². The summed E-state index contributed by atoms with van der Waals surface area (Å²) in [7, 11) is -4.74. The summed E-state index contributed by atoms with van der Waals surface area (Å²) in [5.74, 6) is -2.71. The van der Waals surface area contributed by atoms with Crippen LogP contribution in [0.1, 0.15) is 35.6 Å². The van der Waals surface area contributed by atoms with E-state index >= 15 is 0 Å². The van der Waals surface area contributed by atoms with E-state index in [0.717, 1.165) is 29.9 Å². The third-order valence-corrected chi connectivity index (χ3v) is 6.55. The van der Waals surface area contributed by atoms with Crippen LogP contribution in [-0.2, 0) is 21.2 Å². The molecule has 0 amide bonds. The summed E-state index contributed by atoms with van der Waals surface area (Å²) in [4.78, 5) is 13.7. The molecule has 1 aliphatic heterocycles. The van der Waals surface area contributed by atoms with Gasteiger partial charge in [0.05, 0.1) is 12.3 Å². The molecule has 2 heterocycles. The Balaban J connectivity index is 1.97. The molecule has 15 heteroatoms. The number of benzene rings is 1. The zero-order valence-corrected chi connectivity index (χ0v) is 19.3. The van der Waals surface area contributed by atoms with Gasteiger partial charge in [0, 0.05) is 18.8 Å². The van der Waals surface area contributed by atoms with E-state index in [1.165, 1.54) is 6.07 Å². The maximum atomic E-state index is 12.7. The number of hydrogen-bond donors (Lipinski definition) is 1. The van der Waals surface area contributed by atoms with E-state index in [4.69, 9.17) is 4.74 Å². The smallest absolute Gasteiger partial charge is 0.404 e. The normalized spacial score (nSPS) is 14.4. The summed E-state index contributed by atoms with van der Waals surface area (Å²) in [5.41, 5.74) is 1.45. The Hall–Kier alpha value is -2.81. The Morgan fingerprint density at radius 2 is 2.03 bits per heavy atom. The van der Waals surface area contributed by atoms with Crippen molar-refractivity contribution in [3.63, 3.8) is 0 Å². The summed E-state index contributed by atoms with van der Waals surface area (Å²) in [6, 6.07) is 3.05. The van der Waals surface area contributed by atoms with Crippen LogP contribution in [0.2, 0.25) is 0 Å². The minimum atomic E-state index is -4.91. The second kappa shape index (κ2) is 9.99. The maximum absolute atomic E-state index is 12.7. The number of anilines is 2. The number of ether oxygens (including phenoxy) is 1. The first-order valence-corrected chi connectivity index (χ1v) is 12.4. The first-order valence-electron chi connectivity index (χ1n) is 9.92. The van der Waals surface area contributed by atoms with Crippen LogP contribution in [0.3, 0.4) is 0 Å². The molecule has 0 atom stereocenters. The summed E-state index contributed by atoms with van der Waals surface area (Å²) in [5, 5.41) is 15.2. The molecule has 0 unspecified atom stereocenters. The van der Waals surface area contributed by atoms with Gasteiger partial charge in [0.15, 0.2) is 5.75 Å². The highest BCUT2D eigenvalue weighted by Crippen LogP contribution is 2.38. The molecule has 33 heavy (non-hydrogen) atoms. The number of aromatic nitrogens is 2. The van der Waals surface area contributed by atoms with Crippen LogP contribution in [0.5, 0.6) is 0 Å². The fourth-order valence-electron chi connectivity index (χ4n) is 3.24. The number of sulfonamides is 1. The molecule has 0 bridgehead atoms. The standard InChI is InChI=1S/C18H21F3N6O4S2/c1-3-27-7-5-6-11-8-12(22-24-17-25-23-15(32-17)16(28)31-4-2)13(9-14(11)27)26-33(29,30)10-18(19,20)21/h8-9,26H,3-7,10H2,1-2H3. The average Bonchev–Trinajstić information content (AvgIpc) is 3.19. The molecule has 2 aromatic rings. The third-order valence-electron chi connectivity index (χ3n) is 4.52. The summed E-state index contributed by atoms with van der Waals surface area (Å²) in [6.45, 7) is 5.09. The van der Waals surface area contributed by atoms with Gasteiger partial charge in [-0.05, 0) is 44.4 Å². The number of nitrogens with zero attached hydrogens (tertiary/aromatic N) is 5. The molecule has 1 aliphatic rings. The molecule has 0 saturated carbocycles. The highest BCUT2D eigenvalue weighted by atomic mass is 32.2. The van der Waals surface area contributed by atoms with Gasteiger partial charge < -0.3 is 9.64 Å². The van der Waals surface area contributed by atoms with Gasteiger partial charge in [0.2, 0.25) is 15.0 Å². The van der Waals surface area contributed by atoms with E-state index in [9.17, 15) is 26.4 Å². The zero-order valence-electron chi connectivity index (χ0n) is 17.7. The second-order valence-corrected chi connectivity index (χ2v) is 9.65. The minimum absolute atomic E-state index is 0.00458. The van der Waals surface area contributed by atoms with Crippen LogP contribution in [0.15, 0.2) is 22.4 Å². The number of fused-ring (bicyclic) bond motifs is 1. The van der Waals surface area contributed by atoms with Crippen LogP contribution in [0.4, 0.5) is 35.4 Å². The van der Waals surface area contributed by atoms with E-state index < -0.39 is 27.9 Å². The Morgan fingerprint density at radius 3 is 2.70 bits per heavy atom. The van der Waals surface area contributed by atoms with Gasteiger partial charge in [-0.3, -0.25) is 4.72 Å². The largest absolute Gasteiger partial charge is 0.461 e. The monoisotopic (exact) mass is 506 g/mol. The van der Waals surface area contributed by atoms with Gasteiger partial charge in [-0.15, -0.1) is 20.4 Å². The highest BCUT2D eigenvalue weighted by molar-refractivity contribution is 7.92. The highest BCUT2D eigenvalue weighted by Gasteiger charge is 2.35. The molecule has 0 fully saturated rings. The van der Waals surface area contributed by atoms with Crippen LogP contribution >= 0.6 is 11.3 Å². The molecule has 10 nitrogen and oxygen atoms in total. The minimum Gasteiger partial charge on any atom is -0.461 e. The average molecular weight is 507 g/mol. The number of carbonyl (C=O) groups is 1. The number of halogens is 3. The van der Waals surface area contributed by atoms with Gasteiger partial charge in [-0.1, -0.05) is 11.3 Å². The lowest BCUT2D eigenvalue weighted by Crippen LogP contribution is -2.30. The summed E-state index contributed by atoms with van der Waals surface area (Å²) >= 11 is 0.807. The molecule has 0 saturated heterocycles. The van der Waals surface area contributed by atoms with E-state index in [1.54, 1.807) is 13.0 Å². The summed E-state index contributed by atoms with van der Waals surface area (Å²) < 4.78 is 69.2. The van der Waals surface area contributed by atoms with Gasteiger partial charge in [-0.25, -0.2) is 13.2 Å². The van der Waals surface area contributed by atoms with E-state index in [2.05, 4.69) is 20.4 Å². The number of alkyl halides is 3. The summed E-state index contributed by atoms with van der Waals surface area (Å²) in [6.07, 6.45) is -3.36. The first-order chi connectivity index (χ1) is 15.5. The van der Waals surface area contributed by atoms with Gasteiger partial charge in [0.1, 0.15) is 5.69 Å². The van der Waals surface area contributed by atoms with Crippen LogP contribution in [-0.4, -0.2) is 56.2 Å². The molecular formula is C18H21F3N6O4S2. The number of hydrogen-bond acceptors (Lipinski definition) is 10. The first kappa shape index (κ1) is 24.8. The lowest BCUT2D eigenvalue weighted by molar-refractivity contribution is -0.106. The van der Waals surface area contributed by atoms with Crippen molar-refractivity contribution in [2.75, 3.05) is 35.1 Å². The maximum Gasteiger partial charge on any atom is 0.404 e. The quantitative estimate of drug-likeness (QED) is 0.420. The van der Waals surface area contributed by atoms with E-state index in [-0.39, 0.29) is 28.1 Å². The van der Waals surface area contributed by atoms with Crippen LogP contribution in [0, 0.1) is 0 Å². The van der Waals surface area contributed by atoms with Crippen molar-refractivity contribution in [1.82, 2.24) is 10.2 Å². The lowest BCUT2D eigenvalue weighted by Gasteiger charge is -2.31. The topological polar surface area (TPSA) is 126 Å². The van der Waals surface area contributed by atoms with Gasteiger partial charge in [0.25, 0.3) is 5.13 Å². The molecule has 180 valence electrons. The number of carbonyl (C=O) groups excluding carboxylic acids is 1. The molecule has 0 aliphatic carbocycles. The molecule has 1 N–H and O–H groups in total. The lowest BCUT2D eigenvalue weighted by atomic mass is 10.0. The van der Waals surface area contributed by atoms with Gasteiger partial charge >= 0.3 is 12.1 Å². The number of aryl methyl sites for hydroxylation is 1. The number of nitrogens with one attached hydrogen (secondary N) is 1. The number of esters is 1. The number of rotatable bonds is 8. The van der Waals surface area contributed by atoms with Crippen LogP contribution in [0.25, 0.3) is 0 Å². The van der Waals surface area contributed by atoms with Crippen molar-refractivity contribution < 1.29 is 31.1 Å². The molecule has 1 aromatic heterocycles. The van der Waals surface area contributed by atoms with Crippen molar-refractivity contribution in [3.05, 3.63) is 22.7 Å². The molecule has 0 spiro atoms. The molecule has 3 rings (SSSR count). The Bertz CT molecular complexity index is 1150. The van der Waals surface area contributed by atoms with E-state index in [1.807, 2.05) is 16.5 Å². The Kier molecular flexibility index (Phi) is 7.51. The zero-order chi connectivity index (χ0) is 24.2. The predicted molar refractivity (Wildman–Crippen MR) is 116 cm³/mol. The van der Waals surface area contributed by atoms with Crippen molar-refractivity contribution in [2.45, 2.75) is 32.9 Å². The van der Waals surface area contributed by atoms with Gasteiger partial charge in [-0.2, -0.15) is 13.2 Å². The SMILES string of the molecule is CCOC(=O)c1nnc(N=Nc2cc3c(cc2NS(=O)(=O)CC(F)(F)F)N(CC)CCC3)s1. The molecule has 0 radical (unpaired) electrons. The van der Waals surface area contributed by atoms with E-state index in [0.29, 0.717) is 18.7 Å². The van der Waals surface area contributed by atoms with Crippen molar-refractivity contribution >= 4 is 49.5 Å². The van der Waals surface area contributed by atoms with Crippen molar-refractivity contribution in [1.29, 1.82) is 0 Å².